The average molecular weight is 286 g/mol. The number of benzene rings is 1. The molecule has 1 aromatic rings. The predicted octanol–water partition coefficient (Wildman–Crippen LogP) is 2.86. The van der Waals surface area contributed by atoms with Crippen molar-refractivity contribution in [3.05, 3.63) is 34.9 Å². The van der Waals surface area contributed by atoms with Gasteiger partial charge in [-0.25, -0.2) is 0 Å². The third kappa shape index (κ3) is 6.39. The van der Waals surface area contributed by atoms with Crippen LogP contribution in [0.2, 0.25) is 5.02 Å². The first kappa shape index (κ1) is 16.4. The van der Waals surface area contributed by atoms with Crippen molar-refractivity contribution in [3.63, 3.8) is 0 Å². The Labute approximate surface area is 120 Å². The van der Waals surface area contributed by atoms with Crippen LogP contribution in [0.3, 0.4) is 0 Å². The highest BCUT2D eigenvalue weighted by Crippen LogP contribution is 2.19. The van der Waals surface area contributed by atoms with Gasteiger partial charge < -0.3 is 15.1 Å². The number of aliphatic hydroxyl groups is 2. The summed E-state index contributed by atoms with van der Waals surface area (Å²) in [5.74, 6) is 0. The Hall–Kier alpha value is -0.610. The highest BCUT2D eigenvalue weighted by molar-refractivity contribution is 6.30. The molecule has 1 aromatic carbocycles. The van der Waals surface area contributed by atoms with E-state index >= 15 is 0 Å². The fraction of sp³-hybridized carbons (Fsp3) is 0.600. The standard InChI is InChI=1S/C15H24ClNO2/c1-2-3-9-17(11-12-18)10-8-15(19)13-4-6-14(16)7-5-13/h4-7,15,18-19H,2-3,8-12H2,1H3. The van der Waals surface area contributed by atoms with Crippen molar-refractivity contribution < 1.29 is 10.2 Å². The Bertz CT molecular complexity index is 343. The molecule has 0 saturated carbocycles. The van der Waals surface area contributed by atoms with Gasteiger partial charge in [0.25, 0.3) is 0 Å². The van der Waals surface area contributed by atoms with Crippen molar-refractivity contribution in [3.8, 4) is 0 Å². The molecule has 0 heterocycles. The third-order valence-corrected chi connectivity index (χ3v) is 3.47. The van der Waals surface area contributed by atoms with Crippen molar-refractivity contribution in [2.75, 3.05) is 26.2 Å². The van der Waals surface area contributed by atoms with Crippen LogP contribution in [0, 0.1) is 0 Å². The highest BCUT2D eigenvalue weighted by Gasteiger charge is 2.10. The molecule has 0 aliphatic heterocycles. The molecule has 0 bridgehead atoms. The van der Waals surface area contributed by atoms with E-state index in [1.54, 1.807) is 12.1 Å². The van der Waals surface area contributed by atoms with Crippen LogP contribution in [-0.2, 0) is 0 Å². The molecule has 0 fully saturated rings. The monoisotopic (exact) mass is 285 g/mol. The van der Waals surface area contributed by atoms with Crippen molar-refractivity contribution >= 4 is 11.6 Å². The van der Waals surface area contributed by atoms with Gasteiger partial charge in [-0.1, -0.05) is 37.1 Å². The molecule has 1 rings (SSSR count). The zero-order chi connectivity index (χ0) is 14.1. The van der Waals surface area contributed by atoms with E-state index in [1.807, 2.05) is 12.1 Å². The molecule has 0 saturated heterocycles. The Morgan fingerprint density at radius 1 is 1.16 bits per heavy atom. The molecule has 1 unspecified atom stereocenters. The van der Waals surface area contributed by atoms with E-state index in [-0.39, 0.29) is 6.61 Å². The van der Waals surface area contributed by atoms with E-state index in [1.165, 1.54) is 0 Å². The summed E-state index contributed by atoms with van der Waals surface area (Å²) < 4.78 is 0. The smallest absolute Gasteiger partial charge is 0.0802 e. The van der Waals surface area contributed by atoms with Gasteiger partial charge in [0.15, 0.2) is 0 Å². The minimum Gasteiger partial charge on any atom is -0.395 e. The van der Waals surface area contributed by atoms with Crippen LogP contribution in [0.1, 0.15) is 37.9 Å². The lowest BCUT2D eigenvalue weighted by Crippen LogP contribution is -2.30. The molecule has 4 heteroatoms. The molecule has 0 amide bonds. The summed E-state index contributed by atoms with van der Waals surface area (Å²) in [7, 11) is 0. The number of hydrogen-bond donors (Lipinski definition) is 2. The third-order valence-electron chi connectivity index (χ3n) is 3.22. The largest absolute Gasteiger partial charge is 0.395 e. The zero-order valence-corrected chi connectivity index (χ0v) is 12.3. The average Bonchev–Trinajstić information content (AvgIpc) is 2.42. The second-order valence-corrected chi connectivity index (χ2v) is 5.21. The summed E-state index contributed by atoms with van der Waals surface area (Å²) in [6.07, 6.45) is 2.46. The minimum absolute atomic E-state index is 0.167. The van der Waals surface area contributed by atoms with E-state index in [0.717, 1.165) is 31.5 Å². The number of aliphatic hydroxyl groups excluding tert-OH is 2. The summed E-state index contributed by atoms with van der Waals surface area (Å²) >= 11 is 5.82. The lowest BCUT2D eigenvalue weighted by Gasteiger charge is -2.22. The molecule has 1 atom stereocenters. The fourth-order valence-electron chi connectivity index (χ4n) is 2.02. The molecule has 0 aliphatic rings. The molecular formula is C15H24ClNO2. The van der Waals surface area contributed by atoms with Gasteiger partial charge in [0.1, 0.15) is 0 Å². The molecule has 2 N–H and O–H groups in total. The Morgan fingerprint density at radius 3 is 2.42 bits per heavy atom. The van der Waals surface area contributed by atoms with Gasteiger partial charge in [0.2, 0.25) is 0 Å². The van der Waals surface area contributed by atoms with Crippen molar-refractivity contribution in [2.45, 2.75) is 32.3 Å². The summed E-state index contributed by atoms with van der Waals surface area (Å²) in [5.41, 5.74) is 0.892. The maximum atomic E-state index is 10.1. The van der Waals surface area contributed by atoms with Gasteiger partial charge in [0, 0.05) is 18.1 Å². The number of halogens is 1. The lowest BCUT2D eigenvalue weighted by molar-refractivity contribution is 0.130. The SMILES string of the molecule is CCCCN(CCO)CCC(O)c1ccc(Cl)cc1. The van der Waals surface area contributed by atoms with Crippen LogP contribution in [0.4, 0.5) is 0 Å². The first-order valence-electron chi connectivity index (χ1n) is 6.94. The quantitative estimate of drug-likeness (QED) is 0.733. The number of rotatable bonds is 9. The minimum atomic E-state index is -0.472. The number of unbranched alkanes of at least 4 members (excludes halogenated alkanes) is 1. The topological polar surface area (TPSA) is 43.7 Å². The second-order valence-electron chi connectivity index (χ2n) is 4.77. The molecule has 0 radical (unpaired) electrons. The van der Waals surface area contributed by atoms with Crippen molar-refractivity contribution in [1.82, 2.24) is 4.90 Å². The molecule has 0 aromatic heterocycles. The van der Waals surface area contributed by atoms with Gasteiger partial charge in [-0.3, -0.25) is 0 Å². The van der Waals surface area contributed by atoms with Crippen molar-refractivity contribution in [1.29, 1.82) is 0 Å². The van der Waals surface area contributed by atoms with E-state index in [9.17, 15) is 5.11 Å². The maximum absolute atomic E-state index is 10.1. The van der Waals surface area contributed by atoms with Gasteiger partial charge in [-0.15, -0.1) is 0 Å². The Kier molecular flexibility index (Phi) is 8.07. The van der Waals surface area contributed by atoms with Crippen LogP contribution in [0.25, 0.3) is 0 Å². The lowest BCUT2D eigenvalue weighted by atomic mass is 10.1. The molecule has 19 heavy (non-hydrogen) atoms. The van der Waals surface area contributed by atoms with Crippen LogP contribution in [0.5, 0.6) is 0 Å². The maximum Gasteiger partial charge on any atom is 0.0802 e. The van der Waals surface area contributed by atoms with Gasteiger partial charge in [0.05, 0.1) is 12.7 Å². The van der Waals surface area contributed by atoms with Crippen LogP contribution < -0.4 is 0 Å². The molecule has 0 aliphatic carbocycles. The summed E-state index contributed by atoms with van der Waals surface area (Å²) in [6, 6.07) is 7.30. The van der Waals surface area contributed by atoms with Crippen LogP contribution in [0.15, 0.2) is 24.3 Å². The molecule has 3 nitrogen and oxygen atoms in total. The summed E-state index contributed by atoms with van der Waals surface area (Å²) in [4.78, 5) is 2.20. The Morgan fingerprint density at radius 2 is 1.84 bits per heavy atom. The van der Waals surface area contributed by atoms with Gasteiger partial charge in [-0.2, -0.15) is 0 Å². The summed E-state index contributed by atoms with van der Waals surface area (Å²) in [5, 5.41) is 19.8. The van der Waals surface area contributed by atoms with E-state index in [4.69, 9.17) is 16.7 Å². The second kappa shape index (κ2) is 9.32. The molecular weight excluding hydrogens is 262 g/mol. The zero-order valence-electron chi connectivity index (χ0n) is 11.6. The number of hydrogen-bond acceptors (Lipinski definition) is 3. The highest BCUT2D eigenvalue weighted by atomic mass is 35.5. The number of nitrogens with zero attached hydrogens (tertiary/aromatic N) is 1. The van der Waals surface area contributed by atoms with E-state index in [0.29, 0.717) is 18.0 Å². The van der Waals surface area contributed by atoms with E-state index in [2.05, 4.69) is 11.8 Å². The van der Waals surface area contributed by atoms with Crippen LogP contribution in [-0.4, -0.2) is 41.4 Å². The van der Waals surface area contributed by atoms with Gasteiger partial charge >= 0.3 is 0 Å². The van der Waals surface area contributed by atoms with Crippen LogP contribution >= 0.6 is 11.6 Å². The first-order valence-corrected chi connectivity index (χ1v) is 7.32. The molecule has 0 spiro atoms. The fourth-order valence-corrected chi connectivity index (χ4v) is 2.14. The Balaban J connectivity index is 2.41. The van der Waals surface area contributed by atoms with Crippen molar-refractivity contribution in [2.24, 2.45) is 0 Å². The van der Waals surface area contributed by atoms with E-state index < -0.39 is 6.10 Å². The summed E-state index contributed by atoms with van der Waals surface area (Å²) in [6.45, 7) is 4.77. The normalized spacial score (nSPS) is 12.9. The predicted molar refractivity (Wildman–Crippen MR) is 79.5 cm³/mol. The first-order chi connectivity index (χ1) is 9.17. The molecule has 108 valence electrons. The van der Waals surface area contributed by atoms with Gasteiger partial charge in [-0.05, 0) is 37.1 Å².